The minimum Gasteiger partial charge on any atom is -0.469 e. The van der Waals surface area contributed by atoms with Crippen molar-refractivity contribution in [3.05, 3.63) is 83.7 Å². The molecule has 3 heterocycles. The molecule has 2 aromatic carbocycles. The van der Waals surface area contributed by atoms with Gasteiger partial charge in [-0.05, 0) is 105 Å². The van der Waals surface area contributed by atoms with Crippen LogP contribution in [0.5, 0.6) is 0 Å². The lowest BCUT2D eigenvalue weighted by Gasteiger charge is -2.52. The molecule has 3 aromatic rings. The van der Waals surface area contributed by atoms with E-state index >= 15 is 4.39 Å². The van der Waals surface area contributed by atoms with E-state index in [9.17, 15) is 4.79 Å². The molecule has 1 unspecified atom stereocenters. The fourth-order valence-electron chi connectivity index (χ4n) is 9.20. The number of rotatable bonds is 13. The molecule has 7 nitrogen and oxygen atoms in total. The second-order valence-electron chi connectivity index (χ2n) is 14.3. The summed E-state index contributed by atoms with van der Waals surface area (Å²) in [7, 11) is 1.46. The highest BCUT2D eigenvalue weighted by Crippen LogP contribution is 2.54. The fourth-order valence-corrected chi connectivity index (χ4v) is 9.20. The minimum atomic E-state index is -0.202. The lowest BCUT2D eigenvalue weighted by Crippen LogP contribution is -2.54. The molecule has 0 bridgehead atoms. The number of anilines is 1. The summed E-state index contributed by atoms with van der Waals surface area (Å²) in [6, 6.07) is 17.6. The number of piperidine rings is 1. The molecule has 47 heavy (non-hydrogen) atoms. The lowest BCUT2D eigenvalue weighted by molar-refractivity contribution is -0.140. The molecule has 0 amide bonds. The molecule has 3 fully saturated rings. The number of aromatic nitrogens is 2. The summed E-state index contributed by atoms with van der Waals surface area (Å²) in [4.78, 5) is 21.5. The zero-order valence-electron chi connectivity index (χ0n) is 28.1. The summed E-state index contributed by atoms with van der Waals surface area (Å²) in [6.45, 7) is 8.25. The van der Waals surface area contributed by atoms with E-state index in [2.05, 4.69) is 56.7 Å². The first-order valence-electron chi connectivity index (χ1n) is 17.7. The average molecular weight is 640 g/mol. The Morgan fingerprint density at radius 2 is 1.87 bits per heavy atom. The van der Waals surface area contributed by atoms with E-state index in [0.717, 1.165) is 89.2 Å². The van der Waals surface area contributed by atoms with E-state index < -0.39 is 0 Å². The van der Waals surface area contributed by atoms with Gasteiger partial charge in [0.15, 0.2) is 0 Å². The highest BCUT2D eigenvalue weighted by atomic mass is 19.1. The van der Waals surface area contributed by atoms with Crippen LogP contribution in [0.4, 0.5) is 10.1 Å². The van der Waals surface area contributed by atoms with E-state index in [1.807, 2.05) is 30.5 Å². The number of benzene rings is 2. The van der Waals surface area contributed by atoms with Gasteiger partial charge in [-0.25, -0.2) is 9.37 Å². The molecule has 0 spiro atoms. The van der Waals surface area contributed by atoms with Gasteiger partial charge in [0.2, 0.25) is 0 Å². The number of hydrogen-bond donors (Lipinski definition) is 0. The summed E-state index contributed by atoms with van der Waals surface area (Å²) < 4.78 is 22.3. The van der Waals surface area contributed by atoms with Crippen LogP contribution >= 0.6 is 0 Å². The van der Waals surface area contributed by atoms with Crippen LogP contribution in [0, 0.1) is 47.7 Å². The van der Waals surface area contributed by atoms with Crippen molar-refractivity contribution in [1.82, 2.24) is 14.5 Å². The van der Waals surface area contributed by atoms with Crippen LogP contribution in [0.15, 0.2) is 60.9 Å². The predicted octanol–water partition coefficient (Wildman–Crippen LogP) is 7.14. The number of methoxy groups -OCH3 is 1. The number of halogens is 1. The Bertz CT molecular complexity index is 1520. The van der Waals surface area contributed by atoms with Crippen LogP contribution in [0.2, 0.25) is 0 Å². The van der Waals surface area contributed by atoms with Crippen molar-refractivity contribution in [2.75, 3.05) is 44.7 Å². The van der Waals surface area contributed by atoms with Gasteiger partial charge in [-0.2, -0.15) is 5.26 Å². The number of unbranched alkanes of at least 4 members (excludes halogenated alkanes) is 1. The van der Waals surface area contributed by atoms with Gasteiger partial charge < -0.3 is 19.1 Å². The predicted molar refractivity (Wildman–Crippen MR) is 182 cm³/mol. The fraction of sp³-hybridized carbons (Fsp3) is 0.564. The van der Waals surface area contributed by atoms with Gasteiger partial charge in [-0.15, -0.1) is 0 Å². The molecule has 1 aromatic heterocycles. The summed E-state index contributed by atoms with van der Waals surface area (Å²) in [6.07, 6.45) is 13.2. The second kappa shape index (κ2) is 15.0. The van der Waals surface area contributed by atoms with Gasteiger partial charge in [0, 0.05) is 62.0 Å². The number of hydrogen-bond acceptors (Lipinski definition) is 6. The highest BCUT2D eigenvalue weighted by Gasteiger charge is 2.51. The van der Waals surface area contributed by atoms with Crippen LogP contribution in [0.3, 0.4) is 0 Å². The normalized spacial score (nSPS) is 22.0. The summed E-state index contributed by atoms with van der Waals surface area (Å²) >= 11 is 0. The molecule has 8 heteroatoms. The molecule has 1 saturated carbocycles. The Hall–Kier alpha value is -3.70. The maximum atomic E-state index is 15.1. The third-order valence-electron chi connectivity index (χ3n) is 11.6. The van der Waals surface area contributed by atoms with Crippen molar-refractivity contribution in [3.8, 4) is 6.07 Å². The monoisotopic (exact) mass is 639 g/mol. The largest absolute Gasteiger partial charge is 0.469 e. The molecular weight excluding hydrogens is 589 g/mol. The van der Waals surface area contributed by atoms with Crippen LogP contribution in [-0.2, 0) is 21.5 Å². The summed E-state index contributed by atoms with van der Waals surface area (Å²) in [5, 5.41) is 9.12. The van der Waals surface area contributed by atoms with E-state index in [0.29, 0.717) is 35.7 Å². The summed E-state index contributed by atoms with van der Waals surface area (Å²) in [5.74, 6) is 2.78. The molecule has 1 aliphatic carbocycles. The van der Waals surface area contributed by atoms with Crippen LogP contribution < -0.4 is 4.90 Å². The quantitative estimate of drug-likeness (QED) is 0.146. The van der Waals surface area contributed by atoms with Crippen molar-refractivity contribution in [1.29, 1.82) is 5.26 Å². The third kappa shape index (κ3) is 7.41. The number of imidazole rings is 1. The average Bonchev–Trinajstić information content (AvgIpc) is 3.72. The first kappa shape index (κ1) is 33.2. The Kier molecular flexibility index (Phi) is 10.6. The molecule has 250 valence electrons. The molecular formula is C39H50FN5O2. The number of nitriles is 1. The van der Waals surface area contributed by atoms with E-state index in [-0.39, 0.29) is 17.2 Å². The van der Waals surface area contributed by atoms with Gasteiger partial charge in [0.1, 0.15) is 11.6 Å². The third-order valence-corrected chi connectivity index (χ3v) is 11.6. The van der Waals surface area contributed by atoms with E-state index in [4.69, 9.17) is 10.00 Å². The first-order valence-corrected chi connectivity index (χ1v) is 17.7. The number of ether oxygens (including phenoxy) is 1. The smallest absolute Gasteiger partial charge is 0.305 e. The number of nitrogens with zero attached hydrogens (tertiary/aromatic N) is 5. The molecule has 2 saturated heterocycles. The standard InChI is InChI=1S/C39H50FN5O2/c1-29-42-19-22-44(29)28-39(34-9-6-10-35(40)23-34,37-11-5-8-32(37)7-3-4-12-38(46)47-2)33-17-20-43(21-18-33)25-31-26-45(27-31)36-15-13-30(24-41)14-16-36/h6,9-10,13-16,19,22-23,31-33,37H,3-5,7-8,11-12,17-18,20-21,25-28H2,1-2H3/t32-,37-,39?/m0/s1. The number of esters is 1. The van der Waals surface area contributed by atoms with Crippen LogP contribution in [-0.4, -0.2) is 60.3 Å². The molecule has 3 aliphatic rings. The number of likely N-dealkylation sites (tertiary alicyclic amines) is 1. The van der Waals surface area contributed by atoms with Crippen LogP contribution in [0.1, 0.15) is 74.7 Å². The lowest BCUT2D eigenvalue weighted by atomic mass is 9.56. The first-order chi connectivity index (χ1) is 22.9. The van der Waals surface area contributed by atoms with Crippen LogP contribution in [0.25, 0.3) is 0 Å². The van der Waals surface area contributed by atoms with Gasteiger partial charge in [0.05, 0.1) is 18.7 Å². The molecule has 6 rings (SSSR count). The highest BCUT2D eigenvalue weighted by molar-refractivity contribution is 5.69. The van der Waals surface area contributed by atoms with Gasteiger partial charge in [0.25, 0.3) is 0 Å². The Morgan fingerprint density at radius 1 is 1.09 bits per heavy atom. The number of carbonyl (C=O) groups is 1. The topological polar surface area (TPSA) is 74.4 Å². The molecule has 0 radical (unpaired) electrons. The Labute approximate surface area is 279 Å². The summed E-state index contributed by atoms with van der Waals surface area (Å²) in [5.41, 5.74) is 2.85. The van der Waals surface area contributed by atoms with Gasteiger partial charge >= 0.3 is 5.97 Å². The zero-order valence-corrected chi connectivity index (χ0v) is 28.1. The van der Waals surface area contributed by atoms with E-state index in [1.54, 1.807) is 6.07 Å². The maximum absolute atomic E-state index is 15.1. The SMILES string of the molecule is COC(=O)CCCC[C@H]1CCC[C@@H]1C(Cn1ccnc1C)(c1cccc(F)c1)C1CCN(CC2CN(c3ccc(C#N)cc3)C2)CC1. The maximum Gasteiger partial charge on any atom is 0.305 e. The zero-order chi connectivity index (χ0) is 32.8. The van der Waals surface area contributed by atoms with Crippen molar-refractivity contribution in [2.24, 2.45) is 23.7 Å². The van der Waals surface area contributed by atoms with Gasteiger partial charge in [-0.3, -0.25) is 4.79 Å². The Balaban J connectivity index is 1.19. The molecule has 0 N–H and O–H groups in total. The molecule has 2 aliphatic heterocycles. The molecule has 3 atom stereocenters. The van der Waals surface area contributed by atoms with Crippen molar-refractivity contribution in [2.45, 2.75) is 76.7 Å². The van der Waals surface area contributed by atoms with Crippen molar-refractivity contribution >= 4 is 11.7 Å². The Morgan fingerprint density at radius 3 is 2.55 bits per heavy atom. The number of aryl methyl sites for hydroxylation is 1. The second-order valence-corrected chi connectivity index (χ2v) is 14.3. The number of carbonyl (C=O) groups excluding carboxylic acids is 1. The van der Waals surface area contributed by atoms with E-state index in [1.165, 1.54) is 25.6 Å². The van der Waals surface area contributed by atoms with Gasteiger partial charge in [-0.1, -0.05) is 37.8 Å². The van der Waals surface area contributed by atoms with Crippen molar-refractivity contribution < 1.29 is 13.9 Å². The minimum absolute atomic E-state index is 0.131. The van der Waals surface area contributed by atoms with Crippen molar-refractivity contribution in [3.63, 3.8) is 0 Å².